The Kier molecular flexibility index (Phi) is 2.93. The van der Waals surface area contributed by atoms with E-state index in [1.165, 1.54) is 0 Å². The number of aromatic nitrogens is 1. The van der Waals surface area contributed by atoms with Crippen molar-refractivity contribution in [3.8, 4) is 0 Å². The molecule has 0 aliphatic heterocycles. The average Bonchev–Trinajstić information content (AvgIpc) is 2.62. The normalized spacial score (nSPS) is 13.3. The Bertz CT molecular complexity index is 533. The first-order chi connectivity index (χ1) is 7.56. The Balaban J connectivity index is 2.82. The first-order valence-electron chi connectivity index (χ1n) is 5.16. The molecule has 1 unspecified atom stereocenters. The second kappa shape index (κ2) is 4.09. The van der Waals surface area contributed by atoms with Gasteiger partial charge in [-0.25, -0.2) is 0 Å². The van der Waals surface area contributed by atoms with Crippen LogP contribution in [0.3, 0.4) is 0 Å². The molecule has 1 aromatic carbocycles. The van der Waals surface area contributed by atoms with E-state index in [4.69, 9.17) is 22.4 Å². The molecule has 0 fully saturated rings. The van der Waals surface area contributed by atoms with Crippen LogP contribution in [0, 0.1) is 6.92 Å². The monoisotopic (exact) mass is 238 g/mol. The Labute approximate surface area is 99.4 Å². The van der Waals surface area contributed by atoms with Gasteiger partial charge in [0.2, 0.25) is 0 Å². The molecule has 1 aromatic heterocycles. The number of aliphatic hydroxyl groups is 1. The zero-order chi connectivity index (χ0) is 11.9. The third-order valence-corrected chi connectivity index (χ3v) is 3.21. The molecule has 2 aromatic rings. The smallest absolute Gasteiger partial charge is 0.0625 e. The van der Waals surface area contributed by atoms with E-state index in [1.54, 1.807) is 0 Å². The molecule has 3 nitrogen and oxygen atoms in total. The van der Waals surface area contributed by atoms with Crippen molar-refractivity contribution < 1.29 is 5.11 Å². The van der Waals surface area contributed by atoms with Gasteiger partial charge in [-0.3, -0.25) is 0 Å². The van der Waals surface area contributed by atoms with Gasteiger partial charge in [0, 0.05) is 18.6 Å². The number of hydrogen-bond donors (Lipinski definition) is 2. The summed E-state index contributed by atoms with van der Waals surface area (Å²) >= 11 is 6.20. The van der Waals surface area contributed by atoms with E-state index in [-0.39, 0.29) is 12.6 Å². The van der Waals surface area contributed by atoms with Crippen LogP contribution < -0.4 is 5.73 Å². The second-order valence-corrected chi connectivity index (χ2v) is 4.48. The van der Waals surface area contributed by atoms with Gasteiger partial charge in [-0.1, -0.05) is 17.7 Å². The van der Waals surface area contributed by atoms with Crippen LogP contribution >= 0.6 is 11.6 Å². The molecule has 2 rings (SSSR count). The summed E-state index contributed by atoms with van der Waals surface area (Å²) in [5.41, 5.74) is 8.99. The highest BCUT2D eigenvalue weighted by Crippen LogP contribution is 2.33. The first-order valence-corrected chi connectivity index (χ1v) is 5.54. The summed E-state index contributed by atoms with van der Waals surface area (Å²) in [5.74, 6) is 0. The molecule has 0 amide bonds. The lowest BCUT2D eigenvalue weighted by molar-refractivity contribution is 0.268. The lowest BCUT2D eigenvalue weighted by Gasteiger charge is -2.07. The van der Waals surface area contributed by atoms with Gasteiger partial charge in [-0.2, -0.15) is 0 Å². The molecule has 16 heavy (non-hydrogen) atoms. The number of halogens is 1. The molecule has 1 heterocycles. The summed E-state index contributed by atoms with van der Waals surface area (Å²) in [6.07, 6.45) is 1.93. The highest BCUT2D eigenvalue weighted by atomic mass is 35.5. The molecule has 4 heteroatoms. The molecule has 86 valence electrons. The maximum absolute atomic E-state index is 9.14. The van der Waals surface area contributed by atoms with Crippen molar-refractivity contribution in [1.82, 2.24) is 4.57 Å². The summed E-state index contributed by atoms with van der Waals surface area (Å²) in [7, 11) is 1.96. The topological polar surface area (TPSA) is 51.2 Å². The predicted molar refractivity (Wildman–Crippen MR) is 66.7 cm³/mol. The third kappa shape index (κ3) is 1.61. The van der Waals surface area contributed by atoms with Crippen molar-refractivity contribution in [2.45, 2.75) is 13.0 Å². The van der Waals surface area contributed by atoms with Crippen molar-refractivity contribution >= 4 is 22.5 Å². The van der Waals surface area contributed by atoms with Crippen molar-refractivity contribution in [1.29, 1.82) is 0 Å². The van der Waals surface area contributed by atoms with Gasteiger partial charge in [0.1, 0.15) is 0 Å². The summed E-state index contributed by atoms with van der Waals surface area (Å²) in [6.45, 7) is 1.95. The van der Waals surface area contributed by atoms with E-state index >= 15 is 0 Å². The zero-order valence-electron chi connectivity index (χ0n) is 9.37. The summed E-state index contributed by atoms with van der Waals surface area (Å²) in [6, 6.07) is 3.47. The maximum atomic E-state index is 9.14. The van der Waals surface area contributed by atoms with Crippen molar-refractivity contribution in [2.75, 3.05) is 6.61 Å². The SMILES string of the molecule is Cc1ccc(Cl)c2c(C(N)CO)cn(C)c12. The predicted octanol–water partition coefficient (Wildman–Crippen LogP) is 2.13. The van der Waals surface area contributed by atoms with Crippen molar-refractivity contribution in [3.05, 3.63) is 34.5 Å². The van der Waals surface area contributed by atoms with E-state index in [2.05, 4.69) is 0 Å². The van der Waals surface area contributed by atoms with Gasteiger partial charge in [0.05, 0.1) is 23.2 Å². The number of fused-ring (bicyclic) bond motifs is 1. The van der Waals surface area contributed by atoms with E-state index in [0.717, 1.165) is 22.0 Å². The number of nitrogens with zero attached hydrogens (tertiary/aromatic N) is 1. The number of aliphatic hydroxyl groups excluding tert-OH is 1. The van der Waals surface area contributed by atoms with Crippen LogP contribution in [0.15, 0.2) is 18.3 Å². The Morgan fingerprint density at radius 1 is 1.50 bits per heavy atom. The van der Waals surface area contributed by atoms with Gasteiger partial charge in [0.25, 0.3) is 0 Å². The molecule has 0 aliphatic carbocycles. The van der Waals surface area contributed by atoms with E-state index < -0.39 is 0 Å². The summed E-state index contributed by atoms with van der Waals surface area (Å²) in [5, 5.41) is 10.8. The number of hydrogen-bond acceptors (Lipinski definition) is 2. The lowest BCUT2D eigenvalue weighted by atomic mass is 10.1. The maximum Gasteiger partial charge on any atom is 0.0625 e. The minimum atomic E-state index is -0.386. The molecule has 0 spiro atoms. The number of nitrogens with two attached hydrogens (primary N) is 1. The van der Waals surface area contributed by atoms with Crippen LogP contribution in [-0.2, 0) is 7.05 Å². The first kappa shape index (κ1) is 11.5. The third-order valence-electron chi connectivity index (χ3n) is 2.90. The Morgan fingerprint density at radius 3 is 2.81 bits per heavy atom. The minimum absolute atomic E-state index is 0.0800. The Hall–Kier alpha value is -1.03. The molecular formula is C12H15ClN2O. The van der Waals surface area contributed by atoms with Gasteiger partial charge in [-0.05, 0) is 24.1 Å². The van der Waals surface area contributed by atoms with Crippen LogP contribution in [0.2, 0.25) is 5.02 Å². The van der Waals surface area contributed by atoms with Crippen LogP contribution in [0.25, 0.3) is 10.9 Å². The summed E-state index contributed by atoms with van der Waals surface area (Å²) in [4.78, 5) is 0. The quantitative estimate of drug-likeness (QED) is 0.842. The average molecular weight is 239 g/mol. The van der Waals surface area contributed by atoms with Gasteiger partial charge < -0.3 is 15.4 Å². The lowest BCUT2D eigenvalue weighted by Crippen LogP contribution is -2.14. The highest BCUT2D eigenvalue weighted by molar-refractivity contribution is 6.35. The fraction of sp³-hybridized carbons (Fsp3) is 0.333. The molecular weight excluding hydrogens is 224 g/mol. The van der Waals surface area contributed by atoms with E-state index in [9.17, 15) is 0 Å². The minimum Gasteiger partial charge on any atom is -0.394 e. The molecule has 0 radical (unpaired) electrons. The second-order valence-electron chi connectivity index (χ2n) is 4.07. The van der Waals surface area contributed by atoms with Crippen LogP contribution in [0.4, 0.5) is 0 Å². The van der Waals surface area contributed by atoms with Crippen molar-refractivity contribution in [3.63, 3.8) is 0 Å². The number of rotatable bonds is 2. The molecule has 0 aliphatic rings. The van der Waals surface area contributed by atoms with Crippen LogP contribution in [0.5, 0.6) is 0 Å². The van der Waals surface area contributed by atoms with Crippen molar-refractivity contribution in [2.24, 2.45) is 12.8 Å². The largest absolute Gasteiger partial charge is 0.394 e. The van der Waals surface area contributed by atoms with Gasteiger partial charge in [0.15, 0.2) is 0 Å². The molecule has 1 atom stereocenters. The van der Waals surface area contributed by atoms with Gasteiger partial charge >= 0.3 is 0 Å². The van der Waals surface area contributed by atoms with Gasteiger partial charge in [-0.15, -0.1) is 0 Å². The molecule has 0 saturated heterocycles. The van der Waals surface area contributed by atoms with Crippen LogP contribution in [0.1, 0.15) is 17.2 Å². The number of benzene rings is 1. The number of aryl methyl sites for hydroxylation is 2. The molecule has 0 bridgehead atoms. The van der Waals surface area contributed by atoms with Crippen LogP contribution in [-0.4, -0.2) is 16.3 Å². The fourth-order valence-electron chi connectivity index (χ4n) is 2.12. The highest BCUT2D eigenvalue weighted by Gasteiger charge is 2.16. The standard InChI is InChI=1S/C12H15ClN2O/c1-7-3-4-9(13)11-8(10(14)6-16)5-15(2)12(7)11/h3-5,10,16H,6,14H2,1-2H3. The van der Waals surface area contributed by atoms with E-state index in [0.29, 0.717) is 5.02 Å². The van der Waals surface area contributed by atoms with E-state index in [1.807, 2.05) is 36.9 Å². The summed E-state index contributed by atoms with van der Waals surface area (Å²) < 4.78 is 2.00. The zero-order valence-corrected chi connectivity index (χ0v) is 10.1. The fourth-order valence-corrected chi connectivity index (χ4v) is 2.38. The molecule has 3 N–H and O–H groups in total. The molecule has 0 saturated carbocycles. The Morgan fingerprint density at radius 2 is 2.19 bits per heavy atom.